The van der Waals surface area contributed by atoms with Gasteiger partial charge in [-0.2, -0.15) is 5.10 Å². The molecule has 2 rings (SSSR count). The van der Waals surface area contributed by atoms with Crippen molar-refractivity contribution in [3.63, 3.8) is 0 Å². The molecule has 0 bridgehead atoms. The lowest BCUT2D eigenvalue weighted by atomic mass is 10.2. The first-order chi connectivity index (χ1) is 13.7. The number of amides is 1. The number of hydrogen-bond acceptors (Lipinski definition) is 5. The number of benzene rings is 2. The monoisotopic (exact) mass is 382 g/mol. The van der Waals surface area contributed by atoms with Gasteiger partial charge in [-0.05, 0) is 61.4 Å². The smallest absolute Gasteiger partial charge is 0.271 e. The van der Waals surface area contributed by atoms with Gasteiger partial charge < -0.3 is 14.2 Å². The quantitative estimate of drug-likeness (QED) is 0.359. The molecule has 0 aliphatic heterocycles. The second-order valence-corrected chi connectivity index (χ2v) is 5.81. The predicted molar refractivity (Wildman–Crippen MR) is 111 cm³/mol. The van der Waals surface area contributed by atoms with Crippen LogP contribution in [-0.4, -0.2) is 31.9 Å². The number of nitrogens with zero attached hydrogens (tertiary/aromatic N) is 1. The highest BCUT2D eigenvalue weighted by atomic mass is 16.5. The van der Waals surface area contributed by atoms with Gasteiger partial charge in [0.1, 0.15) is 12.4 Å². The Hall–Kier alpha value is -3.28. The molecule has 6 heteroatoms. The number of hydrogen-bond donors (Lipinski definition) is 1. The Kier molecular flexibility index (Phi) is 8.59. The Balaban J connectivity index is 1.98. The van der Waals surface area contributed by atoms with E-state index in [-0.39, 0.29) is 5.91 Å². The minimum absolute atomic E-state index is 0.297. The molecule has 1 amide bonds. The SMILES string of the molecule is C=CCOc1ccc(/C=N/NC(=O)c2ccc(OCCC)cc2)cc1OCC. The summed E-state index contributed by atoms with van der Waals surface area (Å²) in [7, 11) is 0. The van der Waals surface area contributed by atoms with Gasteiger partial charge in [-0.15, -0.1) is 0 Å². The maximum Gasteiger partial charge on any atom is 0.271 e. The van der Waals surface area contributed by atoms with Crippen molar-refractivity contribution in [3.8, 4) is 17.2 Å². The third-order valence-corrected chi connectivity index (χ3v) is 3.59. The second-order valence-electron chi connectivity index (χ2n) is 5.81. The molecule has 0 saturated heterocycles. The van der Waals surface area contributed by atoms with Gasteiger partial charge in [-0.1, -0.05) is 19.6 Å². The second kappa shape index (κ2) is 11.4. The highest BCUT2D eigenvalue weighted by Crippen LogP contribution is 2.28. The first-order valence-electron chi connectivity index (χ1n) is 9.24. The van der Waals surface area contributed by atoms with Crippen LogP contribution in [0.25, 0.3) is 0 Å². The van der Waals surface area contributed by atoms with Crippen molar-refractivity contribution in [1.29, 1.82) is 0 Å². The predicted octanol–water partition coefficient (Wildman–Crippen LogP) is 4.20. The summed E-state index contributed by atoms with van der Waals surface area (Å²) in [5.74, 6) is 1.69. The van der Waals surface area contributed by atoms with Crippen LogP contribution in [0.1, 0.15) is 36.2 Å². The van der Waals surface area contributed by atoms with Crippen molar-refractivity contribution >= 4 is 12.1 Å². The lowest BCUT2D eigenvalue weighted by molar-refractivity contribution is 0.0955. The minimum atomic E-state index is -0.297. The topological polar surface area (TPSA) is 69.2 Å². The molecule has 1 N–H and O–H groups in total. The fourth-order valence-electron chi connectivity index (χ4n) is 2.29. The van der Waals surface area contributed by atoms with Crippen molar-refractivity contribution < 1.29 is 19.0 Å². The molecule has 0 fully saturated rings. The summed E-state index contributed by atoms with van der Waals surface area (Å²) in [6.45, 7) is 9.13. The first kappa shape index (κ1) is 21.0. The standard InChI is InChI=1S/C22H26N2O4/c1-4-13-27-19-10-8-18(9-11-19)22(25)24-23-16-17-7-12-20(28-14-5-2)21(15-17)26-6-3/h5,7-12,15-16H,2,4,6,13-14H2,1,3H3,(H,24,25)/b23-16+. The molecule has 2 aromatic carbocycles. The minimum Gasteiger partial charge on any atom is -0.494 e. The lowest BCUT2D eigenvalue weighted by Gasteiger charge is -2.11. The Morgan fingerprint density at radius 2 is 1.86 bits per heavy atom. The van der Waals surface area contributed by atoms with Crippen LogP contribution in [0.4, 0.5) is 0 Å². The summed E-state index contributed by atoms with van der Waals surface area (Å²) in [6.07, 6.45) is 4.16. The van der Waals surface area contributed by atoms with Gasteiger partial charge >= 0.3 is 0 Å². The average molecular weight is 382 g/mol. The van der Waals surface area contributed by atoms with Gasteiger partial charge in [0.05, 0.1) is 19.4 Å². The zero-order valence-corrected chi connectivity index (χ0v) is 16.3. The molecule has 0 aromatic heterocycles. The number of ether oxygens (including phenoxy) is 3. The molecule has 28 heavy (non-hydrogen) atoms. The van der Waals surface area contributed by atoms with Crippen LogP contribution < -0.4 is 19.6 Å². The zero-order valence-electron chi connectivity index (χ0n) is 16.3. The van der Waals surface area contributed by atoms with Crippen LogP contribution in [0.15, 0.2) is 60.2 Å². The summed E-state index contributed by atoms with van der Waals surface area (Å²) >= 11 is 0. The van der Waals surface area contributed by atoms with E-state index < -0.39 is 0 Å². The Morgan fingerprint density at radius 1 is 1.07 bits per heavy atom. The molecule has 0 saturated carbocycles. The third-order valence-electron chi connectivity index (χ3n) is 3.59. The van der Waals surface area contributed by atoms with E-state index >= 15 is 0 Å². The maximum atomic E-state index is 12.2. The number of carbonyl (C=O) groups excluding carboxylic acids is 1. The van der Waals surface area contributed by atoms with Crippen LogP contribution in [0.2, 0.25) is 0 Å². The molecule has 0 atom stereocenters. The van der Waals surface area contributed by atoms with Gasteiger partial charge in [-0.3, -0.25) is 4.79 Å². The van der Waals surface area contributed by atoms with Crippen LogP contribution in [0, 0.1) is 0 Å². The first-order valence-corrected chi connectivity index (χ1v) is 9.24. The maximum absolute atomic E-state index is 12.2. The molecule has 2 aromatic rings. The number of carbonyl (C=O) groups is 1. The van der Waals surface area contributed by atoms with Gasteiger partial charge in [-0.25, -0.2) is 5.43 Å². The van der Waals surface area contributed by atoms with Crippen LogP contribution in [0.5, 0.6) is 17.2 Å². The Bertz CT molecular complexity index is 801. The molecule has 6 nitrogen and oxygen atoms in total. The van der Waals surface area contributed by atoms with Crippen molar-refractivity contribution in [1.82, 2.24) is 5.43 Å². The van der Waals surface area contributed by atoms with Gasteiger partial charge in [0.15, 0.2) is 11.5 Å². The normalized spacial score (nSPS) is 10.5. The van der Waals surface area contributed by atoms with E-state index in [1.165, 1.54) is 0 Å². The Morgan fingerprint density at radius 3 is 2.54 bits per heavy atom. The molecule has 0 aliphatic carbocycles. The Labute approximate surface area is 165 Å². The van der Waals surface area contributed by atoms with Crippen LogP contribution >= 0.6 is 0 Å². The lowest BCUT2D eigenvalue weighted by Crippen LogP contribution is -2.17. The fraction of sp³-hybridized carbons (Fsp3) is 0.273. The zero-order chi connectivity index (χ0) is 20.2. The molecule has 0 spiro atoms. The van der Waals surface area contributed by atoms with Crippen LogP contribution in [-0.2, 0) is 0 Å². The van der Waals surface area contributed by atoms with E-state index in [4.69, 9.17) is 14.2 Å². The number of rotatable bonds is 11. The number of hydrazone groups is 1. The van der Waals surface area contributed by atoms with Crippen molar-refractivity contribution in [2.24, 2.45) is 5.10 Å². The van der Waals surface area contributed by atoms with E-state index in [2.05, 4.69) is 17.1 Å². The summed E-state index contributed by atoms with van der Waals surface area (Å²) in [5, 5.41) is 4.01. The number of nitrogens with one attached hydrogen (secondary N) is 1. The van der Waals surface area contributed by atoms with Crippen LogP contribution in [0.3, 0.4) is 0 Å². The molecular formula is C22H26N2O4. The van der Waals surface area contributed by atoms with Gasteiger partial charge in [0.25, 0.3) is 5.91 Å². The molecule has 0 radical (unpaired) electrons. The van der Waals surface area contributed by atoms with Crippen molar-refractivity contribution in [2.45, 2.75) is 20.3 Å². The summed E-state index contributed by atoms with van der Waals surface area (Å²) in [6, 6.07) is 12.4. The fourth-order valence-corrected chi connectivity index (χ4v) is 2.29. The van der Waals surface area contributed by atoms with Gasteiger partial charge in [0.2, 0.25) is 0 Å². The summed E-state index contributed by atoms with van der Waals surface area (Å²) < 4.78 is 16.7. The van der Waals surface area contributed by atoms with Gasteiger partial charge in [0, 0.05) is 5.56 Å². The van der Waals surface area contributed by atoms with E-state index in [0.717, 1.165) is 17.7 Å². The van der Waals surface area contributed by atoms with E-state index in [1.54, 1.807) is 48.7 Å². The molecule has 0 unspecified atom stereocenters. The summed E-state index contributed by atoms with van der Waals surface area (Å²) in [5.41, 5.74) is 3.79. The third kappa shape index (κ3) is 6.46. The highest BCUT2D eigenvalue weighted by molar-refractivity contribution is 5.95. The van der Waals surface area contributed by atoms with E-state index in [1.807, 2.05) is 19.9 Å². The summed E-state index contributed by atoms with van der Waals surface area (Å²) in [4.78, 5) is 12.2. The molecule has 148 valence electrons. The molecular weight excluding hydrogens is 356 g/mol. The van der Waals surface area contributed by atoms with Crippen molar-refractivity contribution in [3.05, 3.63) is 66.2 Å². The van der Waals surface area contributed by atoms with E-state index in [9.17, 15) is 4.79 Å². The molecule has 0 aliphatic rings. The van der Waals surface area contributed by atoms with Crippen molar-refractivity contribution in [2.75, 3.05) is 19.8 Å². The van der Waals surface area contributed by atoms with E-state index in [0.29, 0.717) is 36.9 Å². The average Bonchev–Trinajstić information content (AvgIpc) is 2.72. The molecule has 0 heterocycles. The largest absolute Gasteiger partial charge is 0.494 e. The highest BCUT2D eigenvalue weighted by Gasteiger charge is 2.06.